The van der Waals surface area contributed by atoms with Gasteiger partial charge in [-0.05, 0) is 54.6 Å². The van der Waals surface area contributed by atoms with Crippen molar-refractivity contribution in [3.8, 4) is 5.75 Å². The van der Waals surface area contributed by atoms with Gasteiger partial charge in [0.15, 0.2) is 0 Å². The van der Waals surface area contributed by atoms with Crippen LogP contribution >= 0.6 is 11.6 Å². The number of hydrogen-bond acceptors (Lipinski definition) is 5. The number of aliphatic hydroxyl groups is 1. The number of amides is 1. The summed E-state index contributed by atoms with van der Waals surface area (Å²) in [6, 6.07) is 17.5. The predicted molar refractivity (Wildman–Crippen MR) is 113 cm³/mol. The van der Waals surface area contributed by atoms with E-state index in [0.29, 0.717) is 27.7 Å². The predicted octanol–water partition coefficient (Wildman–Crippen LogP) is 4.37. The van der Waals surface area contributed by atoms with E-state index in [4.69, 9.17) is 16.3 Å². The highest BCUT2D eigenvalue weighted by atomic mass is 35.5. The van der Waals surface area contributed by atoms with Crippen LogP contribution in [0, 0.1) is 0 Å². The maximum Gasteiger partial charge on any atom is 0.300 e. The molecule has 1 saturated heterocycles. The standard InChI is InChI=1S/C23H17ClN2O4/c1-30-17-10-8-14(9-11-17)21(27)19-20(18-7-2-3-12-25-18)26(23(29)22(19)28)16-6-4-5-15(24)13-16/h2-13,20,27H,1H3/b21-19+. The van der Waals surface area contributed by atoms with Crippen molar-refractivity contribution in [1.82, 2.24) is 4.98 Å². The van der Waals surface area contributed by atoms with Gasteiger partial charge in [0, 0.05) is 22.5 Å². The van der Waals surface area contributed by atoms with Crippen molar-refractivity contribution in [3.05, 3.63) is 94.8 Å². The number of methoxy groups -OCH3 is 1. The first-order valence-electron chi connectivity index (χ1n) is 9.13. The SMILES string of the molecule is COc1ccc(/C(O)=C2\C(=O)C(=O)N(c3cccc(Cl)c3)C2c2ccccn2)cc1. The largest absolute Gasteiger partial charge is 0.507 e. The number of halogens is 1. The van der Waals surface area contributed by atoms with Gasteiger partial charge in [0.1, 0.15) is 17.6 Å². The van der Waals surface area contributed by atoms with E-state index < -0.39 is 17.7 Å². The molecular formula is C23H17ClN2O4. The highest BCUT2D eigenvalue weighted by Crippen LogP contribution is 2.41. The topological polar surface area (TPSA) is 79.7 Å². The van der Waals surface area contributed by atoms with E-state index in [1.165, 1.54) is 12.0 Å². The molecule has 1 amide bonds. The lowest BCUT2D eigenvalue weighted by molar-refractivity contribution is -0.132. The van der Waals surface area contributed by atoms with Crippen LogP contribution in [0.4, 0.5) is 5.69 Å². The van der Waals surface area contributed by atoms with Crippen LogP contribution in [-0.2, 0) is 9.59 Å². The Bertz CT molecular complexity index is 1140. The van der Waals surface area contributed by atoms with Crippen LogP contribution in [0.1, 0.15) is 17.3 Å². The molecule has 30 heavy (non-hydrogen) atoms. The van der Waals surface area contributed by atoms with Gasteiger partial charge in [0.05, 0.1) is 18.4 Å². The fourth-order valence-corrected chi connectivity index (χ4v) is 3.63. The zero-order valence-electron chi connectivity index (χ0n) is 15.9. The van der Waals surface area contributed by atoms with Gasteiger partial charge in [-0.15, -0.1) is 0 Å². The summed E-state index contributed by atoms with van der Waals surface area (Å²) in [6.45, 7) is 0. The first kappa shape index (κ1) is 19.7. The number of benzene rings is 2. The second-order valence-electron chi connectivity index (χ2n) is 6.63. The van der Waals surface area contributed by atoms with Crippen LogP contribution in [-0.4, -0.2) is 28.9 Å². The monoisotopic (exact) mass is 420 g/mol. The van der Waals surface area contributed by atoms with Crippen LogP contribution in [0.25, 0.3) is 5.76 Å². The quantitative estimate of drug-likeness (QED) is 0.385. The second-order valence-corrected chi connectivity index (χ2v) is 7.07. The number of carbonyl (C=O) groups is 2. The third-order valence-electron chi connectivity index (χ3n) is 4.86. The number of anilines is 1. The molecule has 2 heterocycles. The normalized spacial score (nSPS) is 17.9. The zero-order valence-corrected chi connectivity index (χ0v) is 16.7. The van der Waals surface area contributed by atoms with Gasteiger partial charge >= 0.3 is 0 Å². The molecule has 1 N–H and O–H groups in total. The van der Waals surface area contributed by atoms with Crippen molar-refractivity contribution >= 4 is 34.7 Å². The Labute approximate surface area is 178 Å². The number of ketones is 1. The minimum Gasteiger partial charge on any atom is -0.507 e. The summed E-state index contributed by atoms with van der Waals surface area (Å²) in [4.78, 5) is 31.6. The number of pyridine rings is 1. The van der Waals surface area contributed by atoms with Crippen molar-refractivity contribution < 1.29 is 19.4 Å². The van der Waals surface area contributed by atoms with Crippen LogP contribution in [0.5, 0.6) is 5.75 Å². The summed E-state index contributed by atoms with van der Waals surface area (Å²) in [7, 11) is 1.53. The Hall–Kier alpha value is -3.64. The fraction of sp³-hybridized carbons (Fsp3) is 0.0870. The molecule has 1 aliphatic heterocycles. The Morgan fingerprint density at radius 3 is 2.47 bits per heavy atom. The van der Waals surface area contributed by atoms with Crippen molar-refractivity contribution in [2.45, 2.75) is 6.04 Å². The number of aromatic nitrogens is 1. The molecule has 0 radical (unpaired) electrons. The molecule has 0 spiro atoms. The molecule has 6 nitrogen and oxygen atoms in total. The lowest BCUT2D eigenvalue weighted by Crippen LogP contribution is -2.29. The van der Waals surface area contributed by atoms with Crippen molar-refractivity contribution in [1.29, 1.82) is 0 Å². The Morgan fingerprint density at radius 2 is 1.83 bits per heavy atom. The van der Waals surface area contributed by atoms with Crippen LogP contribution in [0.3, 0.4) is 0 Å². The van der Waals surface area contributed by atoms with E-state index in [9.17, 15) is 14.7 Å². The average Bonchev–Trinajstić information content (AvgIpc) is 3.04. The van der Waals surface area contributed by atoms with Gasteiger partial charge in [-0.1, -0.05) is 23.7 Å². The minimum atomic E-state index is -0.897. The van der Waals surface area contributed by atoms with Gasteiger partial charge in [0.2, 0.25) is 0 Å². The Balaban J connectivity index is 1.92. The molecule has 1 aromatic heterocycles. The molecule has 1 aliphatic rings. The molecule has 0 saturated carbocycles. The van der Waals surface area contributed by atoms with Crippen molar-refractivity contribution in [2.75, 3.05) is 12.0 Å². The summed E-state index contributed by atoms with van der Waals surface area (Å²) in [5.74, 6) is -1.23. The number of nitrogens with zero attached hydrogens (tertiary/aromatic N) is 2. The molecule has 2 aromatic carbocycles. The molecule has 1 unspecified atom stereocenters. The minimum absolute atomic E-state index is 0.0381. The number of carbonyl (C=O) groups excluding carboxylic acids is 2. The van der Waals surface area contributed by atoms with Crippen molar-refractivity contribution in [3.63, 3.8) is 0 Å². The molecular weight excluding hydrogens is 404 g/mol. The maximum absolute atomic E-state index is 13.0. The highest BCUT2D eigenvalue weighted by molar-refractivity contribution is 6.51. The second kappa shape index (κ2) is 8.00. The van der Waals surface area contributed by atoms with Gasteiger partial charge in [-0.2, -0.15) is 0 Å². The van der Waals surface area contributed by atoms with Gasteiger partial charge in [-0.3, -0.25) is 19.5 Å². The summed E-state index contributed by atoms with van der Waals surface area (Å²) >= 11 is 6.11. The molecule has 1 fully saturated rings. The summed E-state index contributed by atoms with van der Waals surface area (Å²) < 4.78 is 5.14. The molecule has 0 aliphatic carbocycles. The van der Waals surface area contributed by atoms with Gasteiger partial charge in [0.25, 0.3) is 11.7 Å². The summed E-state index contributed by atoms with van der Waals surface area (Å²) in [5.41, 5.74) is 1.24. The number of Topliss-reactive ketones (excluding diaryl/α,β-unsaturated/α-hetero) is 1. The fourth-order valence-electron chi connectivity index (χ4n) is 3.45. The number of rotatable bonds is 4. The summed E-state index contributed by atoms with van der Waals surface area (Å²) in [6.07, 6.45) is 1.57. The maximum atomic E-state index is 13.0. The number of ether oxygens (including phenoxy) is 1. The summed E-state index contributed by atoms with van der Waals surface area (Å²) in [5, 5.41) is 11.4. The zero-order chi connectivity index (χ0) is 21.3. The van der Waals surface area contributed by atoms with Crippen molar-refractivity contribution in [2.24, 2.45) is 0 Å². The molecule has 1 atom stereocenters. The lowest BCUT2D eigenvalue weighted by Gasteiger charge is -2.24. The first-order valence-corrected chi connectivity index (χ1v) is 9.51. The average molecular weight is 421 g/mol. The molecule has 0 bridgehead atoms. The van der Waals surface area contributed by atoms with E-state index in [0.717, 1.165) is 0 Å². The molecule has 3 aromatic rings. The van der Waals surface area contributed by atoms with E-state index in [-0.39, 0.29) is 11.3 Å². The Kier molecular flexibility index (Phi) is 5.25. The lowest BCUT2D eigenvalue weighted by atomic mass is 9.98. The third kappa shape index (κ3) is 3.42. The molecule has 7 heteroatoms. The number of aliphatic hydroxyl groups excluding tert-OH is 1. The third-order valence-corrected chi connectivity index (χ3v) is 5.10. The van der Waals surface area contributed by atoms with E-state index in [1.54, 1.807) is 72.9 Å². The van der Waals surface area contributed by atoms with Gasteiger partial charge < -0.3 is 9.84 Å². The smallest absolute Gasteiger partial charge is 0.300 e. The molecule has 4 rings (SSSR count). The van der Waals surface area contributed by atoms with Crippen LogP contribution in [0.15, 0.2) is 78.5 Å². The number of hydrogen-bond donors (Lipinski definition) is 1. The molecule has 150 valence electrons. The van der Waals surface area contributed by atoms with E-state index in [2.05, 4.69) is 4.98 Å². The van der Waals surface area contributed by atoms with Gasteiger partial charge in [-0.25, -0.2) is 0 Å². The van der Waals surface area contributed by atoms with E-state index >= 15 is 0 Å². The Morgan fingerprint density at radius 1 is 1.07 bits per heavy atom. The highest BCUT2D eigenvalue weighted by Gasteiger charge is 2.47. The van der Waals surface area contributed by atoms with Crippen LogP contribution in [0.2, 0.25) is 5.02 Å². The van der Waals surface area contributed by atoms with E-state index in [1.807, 2.05) is 0 Å². The first-order chi connectivity index (χ1) is 14.5. The van der Waals surface area contributed by atoms with Crippen LogP contribution < -0.4 is 9.64 Å².